The largest absolute Gasteiger partial charge is 2.00 e. The van der Waals surface area contributed by atoms with Gasteiger partial charge in [-0.1, -0.05) is 104 Å². The number of benzene rings is 4. The zero-order chi connectivity index (χ0) is 37.4. The van der Waals surface area contributed by atoms with E-state index >= 15 is 0 Å². The quantitative estimate of drug-likeness (QED) is 0.122. The molecule has 0 bridgehead atoms. The number of rotatable bonds is 11. The maximum Gasteiger partial charge on any atom is 2.00 e. The topological polar surface area (TPSA) is 44.9 Å². The van der Waals surface area contributed by atoms with E-state index in [1.165, 1.54) is 22.3 Å². The van der Waals surface area contributed by atoms with E-state index in [0.29, 0.717) is 29.3 Å². The summed E-state index contributed by atoms with van der Waals surface area (Å²) in [5.41, 5.74) is 10.3. The van der Waals surface area contributed by atoms with Crippen molar-refractivity contribution in [2.45, 2.75) is 87.0 Å². The van der Waals surface area contributed by atoms with Gasteiger partial charge in [0.15, 0.2) is 0 Å². The van der Waals surface area contributed by atoms with E-state index in [0.717, 1.165) is 63.7 Å². The Bertz CT molecular complexity index is 2360. The van der Waals surface area contributed by atoms with Crippen molar-refractivity contribution < 1.29 is 25.8 Å². The standard InChI is InChI=1S/C48H52N4O.Pt/c1-31(2)21-34-19-20-49-46(24-34)52-44-16-11-10-15-42(44)43-18-17-40(28-45(43)52)53-41-26-38(48(7,8)9)25-39(27-41)51-30-37(29-50-51)47-35(22-32(3)4)13-12-14-36(47)23-33(5)6;/h10-20,24-26,29-33H,21-23H2,1-9H3;/q-2;+2. The van der Waals surface area contributed by atoms with E-state index < -0.39 is 0 Å². The number of hydrogen-bond acceptors (Lipinski definition) is 3. The first-order chi connectivity index (χ1) is 25.3. The van der Waals surface area contributed by atoms with Crippen molar-refractivity contribution in [1.82, 2.24) is 19.3 Å². The zero-order valence-electron chi connectivity index (χ0n) is 33.1. The van der Waals surface area contributed by atoms with Gasteiger partial charge in [0.1, 0.15) is 5.82 Å². The Kier molecular flexibility index (Phi) is 11.7. The summed E-state index contributed by atoms with van der Waals surface area (Å²) in [6.45, 7) is 20.3. The summed E-state index contributed by atoms with van der Waals surface area (Å²) in [5, 5.41) is 7.19. The summed E-state index contributed by atoms with van der Waals surface area (Å²) < 4.78 is 10.8. The SMILES string of the molecule is CC(C)Cc1ccnc(-n2c3[c-]c(Oc4[c-]c(-n5cc(-c6c(CC(C)C)cccc6CC(C)C)cn5)cc(C(C)(C)C)c4)ccc3c3ccccc32)c1.[Pt+2]. The van der Waals surface area contributed by atoms with Crippen molar-refractivity contribution in [2.75, 3.05) is 0 Å². The Balaban J connectivity index is 0.00000497. The van der Waals surface area contributed by atoms with Crippen molar-refractivity contribution in [3.05, 3.63) is 132 Å². The van der Waals surface area contributed by atoms with Crippen LogP contribution in [0.2, 0.25) is 0 Å². The summed E-state index contributed by atoms with van der Waals surface area (Å²) in [6, 6.07) is 35.2. The summed E-state index contributed by atoms with van der Waals surface area (Å²) in [5.74, 6) is 3.79. The van der Waals surface area contributed by atoms with E-state index in [-0.39, 0.29) is 26.5 Å². The number of hydrogen-bond donors (Lipinski definition) is 0. The molecule has 7 rings (SSSR count). The Morgan fingerprint density at radius 3 is 2.11 bits per heavy atom. The molecular formula is C48H52N4OPt. The minimum Gasteiger partial charge on any atom is -0.509 e. The predicted molar refractivity (Wildman–Crippen MR) is 220 cm³/mol. The molecule has 0 saturated carbocycles. The van der Waals surface area contributed by atoms with Crippen LogP contribution in [0.15, 0.2) is 97.5 Å². The van der Waals surface area contributed by atoms with E-state index in [1.807, 2.05) is 23.1 Å². The molecule has 0 fully saturated rings. The average Bonchev–Trinajstić information content (AvgIpc) is 3.70. The summed E-state index contributed by atoms with van der Waals surface area (Å²) in [7, 11) is 0. The third kappa shape index (κ3) is 8.42. The molecule has 3 heterocycles. The molecule has 0 radical (unpaired) electrons. The molecule has 280 valence electrons. The first-order valence-electron chi connectivity index (χ1n) is 19.2. The van der Waals surface area contributed by atoms with Gasteiger partial charge in [0, 0.05) is 35.0 Å². The molecule has 5 nitrogen and oxygen atoms in total. The second kappa shape index (κ2) is 16.1. The van der Waals surface area contributed by atoms with Crippen LogP contribution in [0.25, 0.3) is 44.4 Å². The number of ether oxygens (including phenoxy) is 1. The normalized spacial score (nSPS) is 12.0. The van der Waals surface area contributed by atoms with Gasteiger partial charge in [-0.2, -0.15) is 11.2 Å². The summed E-state index contributed by atoms with van der Waals surface area (Å²) in [4.78, 5) is 4.84. The van der Waals surface area contributed by atoms with Crippen LogP contribution in [0.5, 0.6) is 11.5 Å². The molecule has 0 spiro atoms. The van der Waals surface area contributed by atoms with Gasteiger partial charge >= 0.3 is 21.1 Å². The smallest absolute Gasteiger partial charge is 0.509 e. The van der Waals surface area contributed by atoms with E-state index in [4.69, 9.17) is 14.8 Å². The van der Waals surface area contributed by atoms with Crippen LogP contribution in [0.1, 0.15) is 84.6 Å². The Morgan fingerprint density at radius 1 is 0.722 bits per heavy atom. The first-order valence-corrected chi connectivity index (χ1v) is 19.2. The third-order valence-electron chi connectivity index (χ3n) is 9.77. The zero-order valence-corrected chi connectivity index (χ0v) is 35.4. The Morgan fingerprint density at radius 2 is 1.43 bits per heavy atom. The monoisotopic (exact) mass is 895 g/mol. The van der Waals surface area contributed by atoms with Crippen LogP contribution in [-0.4, -0.2) is 19.3 Å². The minimum atomic E-state index is -0.126. The third-order valence-corrected chi connectivity index (χ3v) is 9.77. The van der Waals surface area contributed by atoms with Gasteiger partial charge in [-0.3, -0.25) is 4.68 Å². The van der Waals surface area contributed by atoms with Crippen LogP contribution < -0.4 is 4.74 Å². The van der Waals surface area contributed by atoms with Gasteiger partial charge in [-0.05, 0) is 94.0 Å². The maximum atomic E-state index is 6.68. The Labute approximate surface area is 336 Å². The van der Waals surface area contributed by atoms with Crippen LogP contribution in [0.3, 0.4) is 0 Å². The van der Waals surface area contributed by atoms with Crippen molar-refractivity contribution in [3.63, 3.8) is 0 Å². The van der Waals surface area contributed by atoms with E-state index in [2.05, 4.69) is 158 Å². The molecule has 0 N–H and O–H groups in total. The molecule has 0 unspecified atom stereocenters. The Hall–Kier alpha value is -4.47. The molecule has 0 atom stereocenters. The molecule has 0 aliphatic heterocycles. The van der Waals surface area contributed by atoms with Gasteiger partial charge in [0.25, 0.3) is 0 Å². The molecule has 3 aromatic heterocycles. The molecule has 54 heavy (non-hydrogen) atoms. The van der Waals surface area contributed by atoms with Crippen molar-refractivity contribution >= 4 is 21.8 Å². The van der Waals surface area contributed by atoms with Gasteiger partial charge in [0.05, 0.1) is 6.20 Å². The summed E-state index contributed by atoms with van der Waals surface area (Å²) >= 11 is 0. The molecule has 6 heteroatoms. The van der Waals surface area contributed by atoms with Gasteiger partial charge < -0.3 is 9.30 Å². The summed E-state index contributed by atoms with van der Waals surface area (Å²) in [6.07, 6.45) is 9.12. The maximum absolute atomic E-state index is 6.68. The molecular weight excluding hydrogens is 844 g/mol. The molecule has 7 aromatic rings. The van der Waals surface area contributed by atoms with Crippen molar-refractivity contribution in [1.29, 1.82) is 0 Å². The number of para-hydroxylation sites is 1. The van der Waals surface area contributed by atoms with Gasteiger partial charge in [0.2, 0.25) is 0 Å². The fraction of sp³-hybridized carbons (Fsp3) is 0.333. The number of fused-ring (bicyclic) bond motifs is 3. The molecule has 0 saturated heterocycles. The predicted octanol–water partition coefficient (Wildman–Crippen LogP) is 12.3. The number of pyridine rings is 1. The molecule has 0 aliphatic rings. The van der Waals surface area contributed by atoms with Crippen molar-refractivity contribution in [3.8, 4) is 34.1 Å². The average molecular weight is 896 g/mol. The van der Waals surface area contributed by atoms with Crippen LogP contribution in [-0.2, 0) is 45.7 Å². The molecule has 0 amide bonds. The van der Waals surface area contributed by atoms with Crippen LogP contribution >= 0.6 is 0 Å². The van der Waals surface area contributed by atoms with Crippen molar-refractivity contribution in [2.24, 2.45) is 17.8 Å². The van der Waals surface area contributed by atoms with E-state index in [1.54, 1.807) is 0 Å². The van der Waals surface area contributed by atoms with E-state index in [9.17, 15) is 0 Å². The second-order valence-corrected chi connectivity index (χ2v) is 16.8. The van der Waals surface area contributed by atoms with Crippen LogP contribution in [0.4, 0.5) is 0 Å². The number of aromatic nitrogens is 4. The second-order valence-electron chi connectivity index (χ2n) is 16.8. The fourth-order valence-electron chi connectivity index (χ4n) is 7.44. The van der Waals surface area contributed by atoms with Crippen LogP contribution in [0, 0.1) is 29.9 Å². The van der Waals surface area contributed by atoms with Gasteiger partial charge in [-0.15, -0.1) is 41.3 Å². The molecule has 0 aliphatic carbocycles. The fourth-order valence-corrected chi connectivity index (χ4v) is 7.44. The number of nitrogens with zero attached hydrogens (tertiary/aromatic N) is 4. The first kappa shape index (κ1) is 39.2. The minimum absolute atomic E-state index is 0. The van der Waals surface area contributed by atoms with Gasteiger partial charge in [-0.25, -0.2) is 4.98 Å². The molecule has 4 aromatic carbocycles.